The molecule has 11 heavy (non-hydrogen) atoms. The van der Waals surface area contributed by atoms with E-state index in [1.165, 1.54) is 14.0 Å². The number of halogens is 3. The lowest BCUT2D eigenvalue weighted by molar-refractivity contribution is -0.0618. The van der Waals surface area contributed by atoms with Crippen molar-refractivity contribution in [3.05, 3.63) is 0 Å². The fraction of sp³-hybridized carbons (Fsp3) is 0.800. The van der Waals surface area contributed by atoms with Crippen LogP contribution in [0.2, 0.25) is 0 Å². The Morgan fingerprint density at radius 3 is 2.18 bits per heavy atom. The van der Waals surface area contributed by atoms with E-state index in [-0.39, 0.29) is 0 Å². The second kappa shape index (κ2) is 3.45. The molecule has 0 aromatic carbocycles. The van der Waals surface area contributed by atoms with Crippen LogP contribution < -0.4 is 0 Å². The number of azo groups is 1. The van der Waals surface area contributed by atoms with Crippen molar-refractivity contribution in [2.75, 3.05) is 7.05 Å². The van der Waals surface area contributed by atoms with Gasteiger partial charge in [0.1, 0.15) is 11.8 Å². The highest BCUT2D eigenvalue weighted by Crippen LogP contribution is 2.19. The molecule has 6 heteroatoms. The second-order valence-corrected chi connectivity index (χ2v) is 1.90. The van der Waals surface area contributed by atoms with Crippen LogP contribution in [0.25, 0.3) is 0 Å². The van der Waals surface area contributed by atoms with Crippen LogP contribution in [-0.2, 0) is 0 Å². The maximum Gasteiger partial charge on any atom is 0.431 e. The van der Waals surface area contributed by atoms with Gasteiger partial charge in [0.25, 0.3) is 0 Å². The Kier molecular flexibility index (Phi) is 3.16. The first kappa shape index (κ1) is 10.1. The molecule has 0 aromatic rings. The predicted molar refractivity (Wildman–Crippen MR) is 34.0 cm³/mol. The first-order chi connectivity index (χ1) is 4.89. The molecule has 1 atom stereocenters. The molecule has 0 rings (SSSR count). The molecule has 0 aromatic heterocycles. The van der Waals surface area contributed by atoms with Gasteiger partial charge >= 0.3 is 6.18 Å². The van der Waals surface area contributed by atoms with Crippen LogP contribution in [0.1, 0.15) is 6.92 Å². The predicted octanol–water partition coefficient (Wildman–Crippen LogP) is 2.04. The fourth-order valence-corrected chi connectivity index (χ4v) is 0.468. The van der Waals surface area contributed by atoms with E-state index < -0.39 is 17.9 Å². The van der Waals surface area contributed by atoms with Crippen LogP contribution in [-0.4, -0.2) is 25.0 Å². The quantitative estimate of drug-likeness (QED) is 0.483. The Bertz CT molecular complexity index is 172. The molecule has 0 spiro atoms. The van der Waals surface area contributed by atoms with Crippen LogP contribution >= 0.6 is 0 Å². The van der Waals surface area contributed by atoms with Gasteiger partial charge in [-0.1, -0.05) is 0 Å². The summed E-state index contributed by atoms with van der Waals surface area (Å²) in [5.41, 5.74) is -1.37. The molecule has 1 N–H and O–H groups in total. The highest BCUT2D eigenvalue weighted by atomic mass is 19.4. The summed E-state index contributed by atoms with van der Waals surface area (Å²) < 4.78 is 35.1. The first-order valence-electron chi connectivity index (χ1n) is 2.84. The van der Waals surface area contributed by atoms with E-state index in [1.807, 2.05) is 0 Å². The van der Waals surface area contributed by atoms with Gasteiger partial charge < -0.3 is 0 Å². The number of hydrogen-bond donors (Lipinski definition) is 1. The Balaban J connectivity index is 4.26. The largest absolute Gasteiger partial charge is 0.431 e. The van der Waals surface area contributed by atoms with Gasteiger partial charge in [-0.3, -0.25) is 5.41 Å². The van der Waals surface area contributed by atoms with E-state index >= 15 is 0 Å². The van der Waals surface area contributed by atoms with Gasteiger partial charge in [0.05, 0.1) is 0 Å². The highest BCUT2D eigenvalue weighted by Gasteiger charge is 2.37. The van der Waals surface area contributed by atoms with E-state index in [0.717, 1.165) is 0 Å². The van der Waals surface area contributed by atoms with Gasteiger partial charge in [0.15, 0.2) is 0 Å². The molecule has 0 fully saturated rings. The molecule has 1 unspecified atom stereocenters. The van der Waals surface area contributed by atoms with Gasteiger partial charge in [-0.2, -0.15) is 23.4 Å². The van der Waals surface area contributed by atoms with Crippen molar-refractivity contribution in [2.45, 2.75) is 19.1 Å². The lowest BCUT2D eigenvalue weighted by Crippen LogP contribution is -2.30. The smallest absolute Gasteiger partial charge is 0.299 e. The zero-order chi connectivity index (χ0) is 9.07. The lowest BCUT2D eigenvalue weighted by atomic mass is 10.2. The monoisotopic (exact) mass is 167 g/mol. The molecule has 0 amide bonds. The second-order valence-electron chi connectivity index (χ2n) is 1.90. The maximum absolute atomic E-state index is 11.7. The van der Waals surface area contributed by atoms with Crippen molar-refractivity contribution < 1.29 is 13.2 Å². The topological polar surface area (TPSA) is 48.6 Å². The zero-order valence-corrected chi connectivity index (χ0v) is 6.11. The number of hydrogen-bond acceptors (Lipinski definition) is 3. The van der Waals surface area contributed by atoms with Crippen LogP contribution in [0.3, 0.4) is 0 Å². The van der Waals surface area contributed by atoms with E-state index in [0.29, 0.717) is 0 Å². The van der Waals surface area contributed by atoms with Gasteiger partial charge in [0.2, 0.25) is 0 Å². The molecular weight excluding hydrogens is 159 g/mol. The number of alkyl halides is 3. The minimum atomic E-state index is -4.59. The van der Waals surface area contributed by atoms with Crippen molar-refractivity contribution in [1.29, 1.82) is 5.41 Å². The Morgan fingerprint density at radius 2 is 1.91 bits per heavy atom. The number of rotatable bonds is 2. The molecule has 0 heterocycles. The Morgan fingerprint density at radius 1 is 1.45 bits per heavy atom. The Labute approximate surface area is 61.8 Å². The number of nitrogens with one attached hydrogen (secondary N) is 1. The molecule has 3 nitrogen and oxygen atoms in total. The average molecular weight is 167 g/mol. The summed E-state index contributed by atoms with van der Waals surface area (Å²) in [5.74, 6) is 0. The van der Waals surface area contributed by atoms with Crippen molar-refractivity contribution in [3.8, 4) is 0 Å². The zero-order valence-electron chi connectivity index (χ0n) is 6.11. The van der Waals surface area contributed by atoms with Gasteiger partial charge in [-0.05, 0) is 6.92 Å². The SMILES string of the molecule is CN=NC(C)C(=N)C(F)(F)F. The summed E-state index contributed by atoms with van der Waals surface area (Å²) in [6.07, 6.45) is -4.59. The van der Waals surface area contributed by atoms with Crippen LogP contribution in [0.5, 0.6) is 0 Å². The molecule has 0 aliphatic heterocycles. The molecule has 0 aliphatic carbocycles. The van der Waals surface area contributed by atoms with E-state index in [4.69, 9.17) is 5.41 Å². The maximum atomic E-state index is 11.7. The third-order valence-corrected chi connectivity index (χ3v) is 1.01. The average Bonchev–Trinajstić information content (AvgIpc) is 1.85. The van der Waals surface area contributed by atoms with E-state index in [9.17, 15) is 13.2 Å². The number of nitrogens with zero attached hydrogens (tertiary/aromatic N) is 2. The van der Waals surface area contributed by atoms with Gasteiger partial charge in [-0.25, -0.2) is 0 Å². The van der Waals surface area contributed by atoms with Crippen molar-refractivity contribution >= 4 is 5.71 Å². The van der Waals surface area contributed by atoms with Crippen LogP contribution in [0.15, 0.2) is 10.2 Å². The minimum Gasteiger partial charge on any atom is -0.299 e. The summed E-state index contributed by atoms with van der Waals surface area (Å²) in [6.45, 7) is 1.17. The molecule has 0 saturated carbocycles. The molecule has 0 bridgehead atoms. The summed E-state index contributed by atoms with van der Waals surface area (Å²) in [5, 5.41) is 12.9. The van der Waals surface area contributed by atoms with Crippen molar-refractivity contribution in [3.63, 3.8) is 0 Å². The molecule has 0 saturated heterocycles. The summed E-state index contributed by atoms with van der Waals surface area (Å²) >= 11 is 0. The molecule has 0 radical (unpaired) electrons. The third kappa shape index (κ3) is 3.10. The van der Waals surface area contributed by atoms with Gasteiger partial charge in [0, 0.05) is 7.05 Å². The molecular formula is C5H8F3N3. The fourth-order valence-electron chi connectivity index (χ4n) is 0.468. The third-order valence-electron chi connectivity index (χ3n) is 1.01. The summed E-state index contributed by atoms with van der Waals surface area (Å²) in [6, 6.07) is -1.21. The summed E-state index contributed by atoms with van der Waals surface area (Å²) in [4.78, 5) is 0. The van der Waals surface area contributed by atoms with Gasteiger partial charge in [-0.15, -0.1) is 0 Å². The standard InChI is InChI=1S/C5H8F3N3/c1-3(11-10-2)4(9)5(6,7)8/h3,9H,1-2H3. The van der Waals surface area contributed by atoms with Crippen molar-refractivity contribution in [1.82, 2.24) is 0 Å². The van der Waals surface area contributed by atoms with Crippen molar-refractivity contribution in [2.24, 2.45) is 10.2 Å². The Hall–Kier alpha value is -0.940. The minimum absolute atomic E-state index is 1.17. The summed E-state index contributed by atoms with van der Waals surface area (Å²) in [7, 11) is 1.26. The molecule has 0 aliphatic rings. The first-order valence-corrected chi connectivity index (χ1v) is 2.84. The van der Waals surface area contributed by atoms with Crippen LogP contribution in [0.4, 0.5) is 13.2 Å². The highest BCUT2D eigenvalue weighted by molar-refractivity contribution is 5.91. The lowest BCUT2D eigenvalue weighted by Gasteiger charge is -2.09. The molecule has 64 valence electrons. The van der Waals surface area contributed by atoms with E-state index in [2.05, 4.69) is 10.2 Å². The van der Waals surface area contributed by atoms with E-state index in [1.54, 1.807) is 0 Å². The van der Waals surface area contributed by atoms with Crippen LogP contribution in [0, 0.1) is 5.41 Å². The normalized spacial score (nSPS) is 15.4.